The zero-order valence-corrected chi connectivity index (χ0v) is 10.7. The van der Waals surface area contributed by atoms with Gasteiger partial charge >= 0.3 is 0 Å². The first kappa shape index (κ1) is 10.7. The first-order valence-electron chi connectivity index (χ1n) is 5.63. The molecule has 0 aliphatic heterocycles. The van der Waals surface area contributed by atoms with Gasteiger partial charge in [0.2, 0.25) is 0 Å². The van der Waals surface area contributed by atoms with Gasteiger partial charge in [0.1, 0.15) is 5.78 Å². The fraction of sp³-hybridized carbons (Fsp3) is 0.750. The monoisotopic (exact) mass is 304 g/mol. The van der Waals surface area contributed by atoms with Gasteiger partial charge in [-0.1, -0.05) is 41.0 Å². The van der Waals surface area contributed by atoms with Crippen LogP contribution in [-0.2, 0) is 4.79 Å². The van der Waals surface area contributed by atoms with Gasteiger partial charge in [0.25, 0.3) is 0 Å². The van der Waals surface area contributed by atoms with E-state index in [9.17, 15) is 4.79 Å². The number of rotatable bonds is 0. The van der Waals surface area contributed by atoms with E-state index in [2.05, 4.69) is 26.7 Å². The van der Waals surface area contributed by atoms with Gasteiger partial charge in [-0.3, -0.25) is 4.79 Å². The van der Waals surface area contributed by atoms with Crippen molar-refractivity contribution in [1.29, 1.82) is 0 Å². The predicted octanol–water partition coefficient (Wildman–Crippen LogP) is 4.01. The van der Waals surface area contributed by atoms with Crippen molar-refractivity contribution in [3.63, 3.8) is 0 Å². The van der Waals surface area contributed by atoms with Crippen molar-refractivity contribution in [2.45, 2.75) is 51.4 Å². The highest BCUT2D eigenvalue weighted by Gasteiger charge is 2.44. The van der Waals surface area contributed by atoms with Crippen LogP contribution in [0.3, 0.4) is 0 Å². The molecule has 0 N–H and O–H groups in total. The van der Waals surface area contributed by atoms with E-state index in [0.717, 1.165) is 32.1 Å². The summed E-state index contributed by atoms with van der Waals surface area (Å²) >= 11 is 2.31. The Kier molecular flexibility index (Phi) is 3.30. The van der Waals surface area contributed by atoms with Crippen LogP contribution >= 0.6 is 22.6 Å². The van der Waals surface area contributed by atoms with Crippen molar-refractivity contribution in [2.75, 3.05) is 0 Å². The molecule has 1 atom stereocenters. The summed E-state index contributed by atoms with van der Waals surface area (Å²) in [6, 6.07) is 0. The lowest BCUT2D eigenvalue weighted by Gasteiger charge is -2.27. The van der Waals surface area contributed by atoms with Gasteiger partial charge in [-0.25, -0.2) is 0 Å². The highest BCUT2D eigenvalue weighted by molar-refractivity contribution is 14.1. The Morgan fingerprint density at radius 1 is 1.07 bits per heavy atom. The average Bonchev–Trinajstić information content (AvgIpc) is 2.51. The molecule has 78 valence electrons. The van der Waals surface area contributed by atoms with Gasteiger partial charge in [-0.15, -0.1) is 0 Å². The molecule has 2 aliphatic rings. The molecule has 2 heteroatoms. The minimum atomic E-state index is -0.00229. The predicted molar refractivity (Wildman–Crippen MR) is 66.5 cm³/mol. The van der Waals surface area contributed by atoms with Gasteiger partial charge in [-0.05, 0) is 36.2 Å². The SMILES string of the molecule is O=C1CCCCCC12CCC/C2=C\I. The van der Waals surface area contributed by atoms with Crippen LogP contribution in [0.1, 0.15) is 51.4 Å². The molecule has 1 nitrogen and oxygen atoms in total. The zero-order chi connectivity index (χ0) is 10.0. The van der Waals surface area contributed by atoms with Gasteiger partial charge in [0, 0.05) is 6.42 Å². The Hall–Kier alpha value is 0.140. The second-order valence-corrected chi connectivity index (χ2v) is 5.18. The lowest BCUT2D eigenvalue weighted by molar-refractivity contribution is -0.126. The lowest BCUT2D eigenvalue weighted by atomic mass is 9.75. The number of halogens is 1. The van der Waals surface area contributed by atoms with Gasteiger partial charge in [0.05, 0.1) is 5.41 Å². The molecule has 0 aromatic heterocycles. The summed E-state index contributed by atoms with van der Waals surface area (Å²) in [7, 11) is 0. The van der Waals surface area contributed by atoms with Crippen LogP contribution in [0, 0.1) is 5.41 Å². The normalized spacial score (nSPS) is 36.6. The van der Waals surface area contributed by atoms with Crippen LogP contribution in [-0.4, -0.2) is 5.78 Å². The average molecular weight is 304 g/mol. The summed E-state index contributed by atoms with van der Waals surface area (Å²) in [6.07, 6.45) is 9.08. The van der Waals surface area contributed by atoms with Crippen molar-refractivity contribution in [1.82, 2.24) is 0 Å². The molecule has 1 unspecified atom stereocenters. The molecule has 0 aromatic rings. The van der Waals surface area contributed by atoms with E-state index in [1.54, 1.807) is 0 Å². The number of allylic oxidation sites excluding steroid dienone is 1. The standard InChI is InChI=1S/C12H17IO/c13-9-10-5-4-8-12(10)7-3-1-2-6-11(12)14/h9H,1-8H2/b10-9+. The van der Waals surface area contributed by atoms with Crippen LogP contribution in [0.25, 0.3) is 0 Å². The summed E-state index contributed by atoms with van der Waals surface area (Å²) in [5.74, 6) is 0.537. The maximum Gasteiger partial charge on any atom is 0.143 e. The van der Waals surface area contributed by atoms with Crippen LogP contribution in [0.5, 0.6) is 0 Å². The molecule has 0 radical (unpaired) electrons. The van der Waals surface area contributed by atoms with Crippen LogP contribution < -0.4 is 0 Å². The van der Waals surface area contributed by atoms with Crippen molar-refractivity contribution in [3.05, 3.63) is 9.66 Å². The largest absolute Gasteiger partial charge is 0.299 e. The minimum absolute atomic E-state index is 0.00229. The molecule has 2 aliphatic carbocycles. The summed E-state index contributed by atoms with van der Waals surface area (Å²) in [5, 5.41) is 0. The third-order valence-corrected chi connectivity index (χ3v) is 4.59. The smallest absolute Gasteiger partial charge is 0.143 e. The first-order chi connectivity index (χ1) is 6.79. The fourth-order valence-electron chi connectivity index (χ4n) is 3.01. The van der Waals surface area contributed by atoms with Crippen molar-refractivity contribution >= 4 is 28.4 Å². The van der Waals surface area contributed by atoms with E-state index in [1.165, 1.54) is 24.8 Å². The molecule has 2 saturated carbocycles. The van der Waals surface area contributed by atoms with Gasteiger partial charge in [0.15, 0.2) is 0 Å². The summed E-state index contributed by atoms with van der Waals surface area (Å²) < 4.78 is 2.17. The number of hydrogen-bond donors (Lipinski definition) is 0. The van der Waals surface area contributed by atoms with E-state index >= 15 is 0 Å². The number of carbonyl (C=O) groups is 1. The lowest BCUT2D eigenvalue weighted by Crippen LogP contribution is -2.28. The maximum absolute atomic E-state index is 12.2. The Balaban J connectivity index is 2.30. The Labute approximate surface area is 99.5 Å². The zero-order valence-electron chi connectivity index (χ0n) is 8.52. The van der Waals surface area contributed by atoms with Crippen molar-refractivity contribution in [3.8, 4) is 0 Å². The topological polar surface area (TPSA) is 17.1 Å². The van der Waals surface area contributed by atoms with Crippen molar-refractivity contribution in [2.24, 2.45) is 5.41 Å². The fourth-order valence-corrected chi connectivity index (χ4v) is 3.92. The molecule has 0 amide bonds. The highest BCUT2D eigenvalue weighted by Crippen LogP contribution is 2.50. The molecule has 0 heterocycles. The molecule has 0 saturated heterocycles. The highest BCUT2D eigenvalue weighted by atomic mass is 127. The maximum atomic E-state index is 12.2. The molecule has 2 fully saturated rings. The summed E-state index contributed by atoms with van der Waals surface area (Å²) in [5.41, 5.74) is 1.43. The van der Waals surface area contributed by atoms with Crippen molar-refractivity contribution < 1.29 is 4.79 Å². The molecule has 2 rings (SSSR count). The number of Topliss-reactive ketones (excluding diaryl/α,β-unsaturated/α-hetero) is 1. The number of carbonyl (C=O) groups excluding carboxylic acids is 1. The van der Waals surface area contributed by atoms with E-state index in [4.69, 9.17) is 0 Å². The Bertz CT molecular complexity index is 269. The third kappa shape index (κ3) is 1.66. The Morgan fingerprint density at radius 3 is 2.64 bits per heavy atom. The second-order valence-electron chi connectivity index (χ2n) is 4.55. The van der Waals surface area contributed by atoms with Crippen LogP contribution in [0.15, 0.2) is 9.66 Å². The van der Waals surface area contributed by atoms with E-state index in [-0.39, 0.29) is 5.41 Å². The second kappa shape index (κ2) is 4.33. The molecule has 0 aromatic carbocycles. The van der Waals surface area contributed by atoms with Gasteiger partial charge < -0.3 is 0 Å². The summed E-state index contributed by atoms with van der Waals surface area (Å²) in [6.45, 7) is 0. The molecule has 1 spiro atoms. The molecular formula is C12H17IO. The quantitative estimate of drug-likeness (QED) is 0.618. The number of ketones is 1. The number of hydrogen-bond acceptors (Lipinski definition) is 1. The van der Waals surface area contributed by atoms with E-state index < -0.39 is 0 Å². The van der Waals surface area contributed by atoms with E-state index in [1.807, 2.05) is 0 Å². The third-order valence-electron chi connectivity index (χ3n) is 3.84. The molecule has 0 bridgehead atoms. The van der Waals surface area contributed by atoms with Crippen LogP contribution in [0.4, 0.5) is 0 Å². The molecule has 14 heavy (non-hydrogen) atoms. The summed E-state index contributed by atoms with van der Waals surface area (Å²) in [4.78, 5) is 12.2. The van der Waals surface area contributed by atoms with Gasteiger partial charge in [-0.2, -0.15) is 0 Å². The van der Waals surface area contributed by atoms with E-state index in [0.29, 0.717) is 5.78 Å². The minimum Gasteiger partial charge on any atom is -0.299 e. The Morgan fingerprint density at radius 2 is 1.86 bits per heavy atom. The van der Waals surface area contributed by atoms with Crippen LogP contribution in [0.2, 0.25) is 0 Å². The first-order valence-corrected chi connectivity index (χ1v) is 6.87. The molecular weight excluding hydrogens is 287 g/mol.